The van der Waals surface area contributed by atoms with Crippen LogP contribution in [0.2, 0.25) is 0 Å². The molecule has 1 rings (SSSR count). The maximum atomic E-state index is 12.4. The molecule has 2 N–H and O–H groups in total. The van der Waals surface area contributed by atoms with E-state index in [1.54, 1.807) is 7.05 Å². The molecule has 1 heterocycles. The van der Waals surface area contributed by atoms with Crippen molar-refractivity contribution in [1.29, 1.82) is 0 Å². The maximum Gasteiger partial charge on any atom is 0.318 e. The Morgan fingerprint density at radius 1 is 1.20 bits per heavy atom. The topological polar surface area (TPSA) is 130 Å². The van der Waals surface area contributed by atoms with Crippen LogP contribution in [0.1, 0.15) is 11.4 Å². The van der Waals surface area contributed by atoms with Crippen LogP contribution in [0.15, 0.2) is 4.90 Å². The number of rotatable bonds is 6. The van der Waals surface area contributed by atoms with E-state index in [0.717, 1.165) is 0 Å². The van der Waals surface area contributed by atoms with Crippen molar-refractivity contribution < 1.29 is 28.2 Å². The lowest BCUT2D eigenvalue weighted by Crippen LogP contribution is -2.39. The summed E-state index contributed by atoms with van der Waals surface area (Å²) in [6.45, 7) is 1.11. The SMILES string of the molecule is Cc1nn(C)c(C)c1S(=O)(=O)N(CC(=O)O)CC(=O)O. The molecule has 0 aliphatic carbocycles. The van der Waals surface area contributed by atoms with Crippen molar-refractivity contribution in [3.8, 4) is 0 Å². The fourth-order valence-corrected chi connectivity index (χ4v) is 3.52. The van der Waals surface area contributed by atoms with Crippen LogP contribution in [0.25, 0.3) is 0 Å². The summed E-state index contributed by atoms with van der Waals surface area (Å²) in [5.41, 5.74) is 0.494. The summed E-state index contributed by atoms with van der Waals surface area (Å²) in [7, 11) is -2.70. The van der Waals surface area contributed by atoms with Gasteiger partial charge in [-0.3, -0.25) is 14.3 Å². The Morgan fingerprint density at radius 3 is 1.95 bits per heavy atom. The third kappa shape index (κ3) is 3.14. The second-order valence-corrected chi connectivity index (χ2v) is 6.06. The van der Waals surface area contributed by atoms with E-state index in [1.165, 1.54) is 18.5 Å². The van der Waals surface area contributed by atoms with Gasteiger partial charge in [0.2, 0.25) is 10.0 Å². The Kier molecular flexibility index (Phi) is 4.50. The fraction of sp³-hybridized carbons (Fsp3) is 0.500. The van der Waals surface area contributed by atoms with E-state index in [9.17, 15) is 18.0 Å². The van der Waals surface area contributed by atoms with Crippen LogP contribution < -0.4 is 0 Å². The standard InChI is InChI=1S/C10H15N3O6S/c1-6-10(7(2)12(3)11-6)20(18,19)13(4-8(14)15)5-9(16)17/h4-5H2,1-3H3,(H,14,15)(H,16,17). The van der Waals surface area contributed by atoms with E-state index in [1.807, 2.05) is 0 Å². The predicted octanol–water partition coefficient (Wildman–Crippen LogP) is -0.803. The zero-order valence-electron chi connectivity index (χ0n) is 11.2. The molecule has 1 aromatic heterocycles. The molecule has 9 nitrogen and oxygen atoms in total. The Hall–Kier alpha value is -1.94. The molecule has 112 valence electrons. The van der Waals surface area contributed by atoms with Crippen molar-refractivity contribution in [3.63, 3.8) is 0 Å². The van der Waals surface area contributed by atoms with Crippen LogP contribution in [0.5, 0.6) is 0 Å². The van der Waals surface area contributed by atoms with Gasteiger partial charge in [0.25, 0.3) is 0 Å². The first-order valence-corrected chi connectivity index (χ1v) is 6.95. The molecule has 0 fully saturated rings. The van der Waals surface area contributed by atoms with Crippen LogP contribution in [0.4, 0.5) is 0 Å². The number of nitrogens with zero attached hydrogens (tertiary/aromatic N) is 3. The molecular formula is C10H15N3O6S. The van der Waals surface area contributed by atoms with Crippen LogP contribution in [0, 0.1) is 13.8 Å². The summed E-state index contributed by atoms with van der Waals surface area (Å²) in [5.74, 6) is -2.87. The minimum atomic E-state index is -4.24. The molecule has 10 heteroatoms. The highest BCUT2D eigenvalue weighted by Gasteiger charge is 2.33. The highest BCUT2D eigenvalue weighted by Crippen LogP contribution is 2.22. The van der Waals surface area contributed by atoms with Crippen LogP contribution in [-0.4, -0.2) is 57.7 Å². The molecule has 0 atom stereocenters. The minimum absolute atomic E-state index is 0.164. The quantitative estimate of drug-likeness (QED) is 0.703. The molecule has 0 aliphatic heterocycles. The van der Waals surface area contributed by atoms with Gasteiger partial charge in [0.15, 0.2) is 0 Å². The molecule has 20 heavy (non-hydrogen) atoms. The average Bonchev–Trinajstić information content (AvgIpc) is 2.50. The summed E-state index contributed by atoms with van der Waals surface area (Å²) in [6.07, 6.45) is 0. The van der Waals surface area contributed by atoms with Crippen LogP contribution >= 0.6 is 0 Å². The van der Waals surface area contributed by atoms with Gasteiger partial charge in [0, 0.05) is 7.05 Å². The number of sulfonamides is 1. The molecule has 0 aromatic carbocycles. The predicted molar refractivity (Wildman–Crippen MR) is 66.7 cm³/mol. The van der Waals surface area contributed by atoms with Crippen LogP contribution in [0.3, 0.4) is 0 Å². The van der Waals surface area contributed by atoms with Gasteiger partial charge in [-0.25, -0.2) is 8.42 Å². The Morgan fingerprint density at radius 2 is 1.65 bits per heavy atom. The molecule has 0 saturated heterocycles. The van der Waals surface area contributed by atoms with E-state index < -0.39 is 35.1 Å². The van der Waals surface area contributed by atoms with Crippen molar-refractivity contribution >= 4 is 22.0 Å². The lowest BCUT2D eigenvalue weighted by Gasteiger charge is -2.18. The van der Waals surface area contributed by atoms with Gasteiger partial charge < -0.3 is 10.2 Å². The smallest absolute Gasteiger partial charge is 0.318 e. The highest BCUT2D eigenvalue weighted by atomic mass is 32.2. The summed E-state index contributed by atoms with van der Waals surface area (Å²) < 4.78 is 26.5. The number of hydrogen-bond donors (Lipinski definition) is 2. The summed E-state index contributed by atoms with van der Waals surface area (Å²) in [5, 5.41) is 21.4. The van der Waals surface area contributed by atoms with Gasteiger partial charge in [-0.2, -0.15) is 9.40 Å². The van der Waals surface area contributed by atoms with Crippen molar-refractivity contribution in [1.82, 2.24) is 14.1 Å². The molecule has 0 bridgehead atoms. The first-order valence-electron chi connectivity index (χ1n) is 5.51. The number of carboxylic acid groups (broad SMARTS) is 2. The Balaban J connectivity index is 3.35. The largest absolute Gasteiger partial charge is 0.480 e. The summed E-state index contributed by atoms with van der Waals surface area (Å²) in [6, 6.07) is 0. The molecule has 0 saturated carbocycles. The van der Waals surface area contributed by atoms with Gasteiger partial charge in [0.1, 0.15) is 18.0 Å². The molecule has 0 radical (unpaired) electrons. The van der Waals surface area contributed by atoms with Crippen molar-refractivity contribution in [2.45, 2.75) is 18.7 Å². The first-order chi connectivity index (χ1) is 9.07. The monoisotopic (exact) mass is 305 g/mol. The maximum absolute atomic E-state index is 12.4. The third-order valence-corrected chi connectivity index (χ3v) is 4.71. The van der Waals surface area contributed by atoms with E-state index in [4.69, 9.17) is 10.2 Å². The van der Waals surface area contributed by atoms with E-state index in [0.29, 0.717) is 10.00 Å². The van der Waals surface area contributed by atoms with Crippen molar-refractivity contribution in [3.05, 3.63) is 11.4 Å². The second kappa shape index (κ2) is 5.59. The van der Waals surface area contributed by atoms with Crippen LogP contribution in [-0.2, 0) is 26.7 Å². The van der Waals surface area contributed by atoms with Crippen molar-refractivity contribution in [2.75, 3.05) is 13.1 Å². The van der Waals surface area contributed by atoms with Gasteiger partial charge in [0.05, 0.1) is 11.4 Å². The number of carboxylic acids is 2. The van der Waals surface area contributed by atoms with Gasteiger partial charge in [-0.15, -0.1) is 0 Å². The van der Waals surface area contributed by atoms with E-state index >= 15 is 0 Å². The summed E-state index contributed by atoms with van der Waals surface area (Å²) >= 11 is 0. The second-order valence-electron chi connectivity index (χ2n) is 4.18. The number of carbonyl (C=O) groups is 2. The first kappa shape index (κ1) is 16.1. The zero-order chi connectivity index (χ0) is 15.7. The van der Waals surface area contributed by atoms with E-state index in [2.05, 4.69) is 5.10 Å². The number of aliphatic carboxylic acids is 2. The fourth-order valence-electron chi connectivity index (χ4n) is 1.78. The third-order valence-electron chi connectivity index (χ3n) is 2.66. The number of hydrogen-bond acceptors (Lipinski definition) is 5. The summed E-state index contributed by atoms with van der Waals surface area (Å²) in [4.78, 5) is 21.3. The molecule has 0 unspecified atom stereocenters. The molecule has 0 spiro atoms. The van der Waals surface area contributed by atoms with E-state index in [-0.39, 0.29) is 10.6 Å². The van der Waals surface area contributed by atoms with Gasteiger partial charge in [-0.1, -0.05) is 0 Å². The van der Waals surface area contributed by atoms with Gasteiger partial charge >= 0.3 is 11.9 Å². The minimum Gasteiger partial charge on any atom is -0.480 e. The number of aromatic nitrogens is 2. The van der Waals surface area contributed by atoms with Crippen molar-refractivity contribution in [2.24, 2.45) is 7.05 Å². The molecule has 0 aliphatic rings. The average molecular weight is 305 g/mol. The lowest BCUT2D eigenvalue weighted by molar-refractivity contribution is -0.139. The number of aryl methyl sites for hydroxylation is 2. The lowest BCUT2D eigenvalue weighted by atomic mass is 10.4. The zero-order valence-corrected chi connectivity index (χ0v) is 12.0. The van der Waals surface area contributed by atoms with Gasteiger partial charge in [-0.05, 0) is 13.8 Å². The molecule has 0 amide bonds. The molecule has 1 aromatic rings. The highest BCUT2D eigenvalue weighted by molar-refractivity contribution is 7.89. The Bertz CT molecular complexity index is 632. The molecular weight excluding hydrogens is 290 g/mol. The normalized spacial score (nSPS) is 11.8. The Labute approximate surface area is 115 Å².